The first-order valence-electron chi connectivity index (χ1n) is 14.1. The van der Waals surface area contributed by atoms with Crippen LogP contribution in [0, 0.1) is 24.4 Å². The molecule has 5 rings (SSSR count). The van der Waals surface area contributed by atoms with E-state index in [0.29, 0.717) is 12.0 Å². The van der Waals surface area contributed by atoms with Gasteiger partial charge in [-0.25, -0.2) is 18.2 Å². The van der Waals surface area contributed by atoms with Crippen LogP contribution in [-0.4, -0.2) is 49.1 Å². The molecule has 2 aromatic heterocycles. The van der Waals surface area contributed by atoms with E-state index in [-0.39, 0.29) is 22.7 Å². The quantitative estimate of drug-likeness (QED) is 0.179. The molecule has 1 aliphatic heterocycles. The van der Waals surface area contributed by atoms with Gasteiger partial charge in [0.15, 0.2) is 0 Å². The molecule has 14 heteroatoms. The SMILES string of the molecule is CC(=O)OC1CCC(c2ccncc2NC(=O)c2ccc(F)c(-c3c(F)cccc3F)n2)OC1COS(=O)(=O)c1ccc(C)cc1. The summed E-state index contributed by atoms with van der Waals surface area (Å²) in [5.41, 5.74) is -0.237. The molecule has 10 nitrogen and oxygen atoms in total. The van der Waals surface area contributed by atoms with Crippen LogP contribution in [0.3, 0.4) is 0 Å². The maximum absolute atomic E-state index is 14.6. The predicted octanol–water partition coefficient (Wildman–Crippen LogP) is 5.68. The summed E-state index contributed by atoms with van der Waals surface area (Å²) in [6, 6.07) is 12.6. The Morgan fingerprint density at radius 3 is 2.39 bits per heavy atom. The largest absolute Gasteiger partial charge is 0.460 e. The molecule has 2 aromatic carbocycles. The maximum atomic E-state index is 14.6. The standard InChI is InChI=1S/C32H28F3N3O7S/c1-18-6-8-20(9-7-18)46(41,42)43-17-29-28(44-19(2)39)13-12-27(45-29)21-14-15-36-16-26(21)38-32(40)25-11-10-24(35)31(37-25)30-22(33)4-3-5-23(30)34/h3-11,14-16,27-29H,12-13,17H2,1-2H3,(H,38,40). The topological polar surface area (TPSA) is 134 Å². The lowest BCUT2D eigenvalue weighted by Gasteiger charge is -2.36. The summed E-state index contributed by atoms with van der Waals surface area (Å²) in [6.45, 7) is 2.57. The number of hydrogen-bond acceptors (Lipinski definition) is 9. The number of amides is 1. The highest BCUT2D eigenvalue weighted by Crippen LogP contribution is 2.37. The minimum absolute atomic E-state index is 0.0519. The molecule has 1 amide bonds. The average molecular weight is 656 g/mol. The highest BCUT2D eigenvalue weighted by atomic mass is 32.2. The van der Waals surface area contributed by atoms with Crippen molar-refractivity contribution in [1.82, 2.24) is 9.97 Å². The number of hydrogen-bond donors (Lipinski definition) is 1. The van der Waals surface area contributed by atoms with Crippen LogP contribution in [0.2, 0.25) is 0 Å². The van der Waals surface area contributed by atoms with Gasteiger partial charge in [0, 0.05) is 18.7 Å². The molecule has 1 saturated heterocycles. The van der Waals surface area contributed by atoms with Gasteiger partial charge in [0.25, 0.3) is 16.0 Å². The number of nitrogens with zero attached hydrogens (tertiary/aromatic N) is 2. The number of ether oxygens (including phenoxy) is 2. The number of anilines is 1. The number of halogens is 3. The Balaban J connectivity index is 1.36. The first kappa shape index (κ1) is 32.7. The molecule has 4 aromatic rings. The van der Waals surface area contributed by atoms with Crippen molar-refractivity contribution in [3.63, 3.8) is 0 Å². The molecular weight excluding hydrogens is 627 g/mol. The molecule has 46 heavy (non-hydrogen) atoms. The first-order valence-corrected chi connectivity index (χ1v) is 15.5. The van der Waals surface area contributed by atoms with Crippen molar-refractivity contribution in [1.29, 1.82) is 0 Å². The molecule has 0 spiro atoms. The van der Waals surface area contributed by atoms with Crippen LogP contribution in [0.5, 0.6) is 0 Å². The van der Waals surface area contributed by atoms with Crippen molar-refractivity contribution >= 4 is 27.7 Å². The zero-order chi connectivity index (χ0) is 33.0. The van der Waals surface area contributed by atoms with E-state index < -0.39 is 75.6 Å². The molecule has 3 unspecified atom stereocenters. The molecule has 1 aliphatic rings. The number of benzene rings is 2. The Hall–Kier alpha value is -4.66. The monoisotopic (exact) mass is 655 g/mol. The minimum Gasteiger partial charge on any atom is -0.460 e. The van der Waals surface area contributed by atoms with E-state index in [0.717, 1.165) is 35.9 Å². The van der Waals surface area contributed by atoms with Gasteiger partial charge in [-0.15, -0.1) is 0 Å². The van der Waals surface area contributed by atoms with Gasteiger partial charge < -0.3 is 14.8 Å². The second kappa shape index (κ2) is 13.8. The van der Waals surface area contributed by atoms with Gasteiger partial charge in [-0.3, -0.25) is 18.8 Å². The number of carbonyl (C=O) groups is 2. The third kappa shape index (κ3) is 7.41. The van der Waals surface area contributed by atoms with E-state index in [2.05, 4.69) is 15.3 Å². The number of nitrogens with one attached hydrogen (secondary N) is 1. The second-order valence-electron chi connectivity index (χ2n) is 10.5. The first-order chi connectivity index (χ1) is 21.9. The summed E-state index contributed by atoms with van der Waals surface area (Å²) in [7, 11) is -4.17. The maximum Gasteiger partial charge on any atom is 0.302 e. The van der Waals surface area contributed by atoms with E-state index in [9.17, 15) is 31.2 Å². The van der Waals surface area contributed by atoms with Gasteiger partial charge in [0.1, 0.15) is 41.0 Å². The lowest BCUT2D eigenvalue weighted by molar-refractivity contribution is -0.174. The number of aromatic nitrogens is 2. The molecule has 1 fully saturated rings. The van der Waals surface area contributed by atoms with Gasteiger partial charge in [-0.05, 0) is 62.2 Å². The van der Waals surface area contributed by atoms with Crippen LogP contribution >= 0.6 is 0 Å². The van der Waals surface area contributed by atoms with Crippen LogP contribution in [0.15, 0.2) is 78.0 Å². The third-order valence-corrected chi connectivity index (χ3v) is 8.51. The Bertz CT molecular complexity index is 1850. The number of pyridine rings is 2. The van der Waals surface area contributed by atoms with Gasteiger partial charge in [0.2, 0.25) is 0 Å². The van der Waals surface area contributed by atoms with Gasteiger partial charge in [-0.2, -0.15) is 8.42 Å². The van der Waals surface area contributed by atoms with Gasteiger partial charge >= 0.3 is 5.97 Å². The van der Waals surface area contributed by atoms with Crippen molar-refractivity contribution in [2.24, 2.45) is 0 Å². The predicted molar refractivity (Wildman–Crippen MR) is 158 cm³/mol. The smallest absolute Gasteiger partial charge is 0.302 e. The van der Waals surface area contributed by atoms with Crippen molar-refractivity contribution in [2.45, 2.75) is 49.9 Å². The van der Waals surface area contributed by atoms with E-state index in [1.54, 1.807) is 18.2 Å². The minimum atomic E-state index is -4.17. The summed E-state index contributed by atoms with van der Waals surface area (Å²) >= 11 is 0. The summed E-state index contributed by atoms with van der Waals surface area (Å²) in [5.74, 6) is -4.55. The van der Waals surface area contributed by atoms with Crippen LogP contribution < -0.4 is 5.32 Å². The van der Waals surface area contributed by atoms with Crippen molar-refractivity contribution in [3.8, 4) is 11.3 Å². The molecule has 0 saturated carbocycles. The van der Waals surface area contributed by atoms with E-state index in [1.807, 2.05) is 6.92 Å². The number of esters is 1. The molecule has 0 bridgehead atoms. The number of rotatable bonds is 9. The van der Waals surface area contributed by atoms with E-state index in [1.165, 1.54) is 31.5 Å². The molecule has 1 N–H and O–H groups in total. The summed E-state index contributed by atoms with van der Waals surface area (Å²) in [4.78, 5) is 32.9. The summed E-state index contributed by atoms with van der Waals surface area (Å²) in [6.07, 6.45) is 0.815. The Kier molecular flexibility index (Phi) is 9.79. The molecule has 240 valence electrons. The lowest BCUT2D eigenvalue weighted by atomic mass is 9.96. The normalized spacial score (nSPS) is 18.2. The zero-order valence-electron chi connectivity index (χ0n) is 24.6. The summed E-state index contributed by atoms with van der Waals surface area (Å²) < 4.78 is 85.9. The van der Waals surface area contributed by atoms with Crippen LogP contribution in [0.4, 0.5) is 18.9 Å². The van der Waals surface area contributed by atoms with Crippen LogP contribution in [0.1, 0.15) is 47.5 Å². The fourth-order valence-corrected chi connectivity index (χ4v) is 5.88. The fourth-order valence-electron chi connectivity index (χ4n) is 4.97. The van der Waals surface area contributed by atoms with Crippen molar-refractivity contribution in [2.75, 3.05) is 11.9 Å². The fraction of sp³-hybridized carbons (Fsp3) is 0.250. The zero-order valence-corrected chi connectivity index (χ0v) is 25.4. The van der Waals surface area contributed by atoms with Gasteiger partial charge in [-0.1, -0.05) is 23.8 Å². The van der Waals surface area contributed by atoms with E-state index in [4.69, 9.17) is 13.7 Å². The number of carbonyl (C=O) groups excluding carboxylic acids is 2. The highest BCUT2D eigenvalue weighted by molar-refractivity contribution is 7.86. The van der Waals surface area contributed by atoms with Crippen LogP contribution in [-0.2, 0) is 28.6 Å². The third-order valence-electron chi connectivity index (χ3n) is 7.21. The van der Waals surface area contributed by atoms with Crippen LogP contribution in [0.25, 0.3) is 11.3 Å². The average Bonchev–Trinajstić information content (AvgIpc) is 3.01. The van der Waals surface area contributed by atoms with Crippen molar-refractivity contribution in [3.05, 3.63) is 107 Å². The summed E-state index contributed by atoms with van der Waals surface area (Å²) in [5, 5.41) is 2.63. The number of aryl methyl sites for hydroxylation is 1. The Morgan fingerprint density at radius 1 is 0.978 bits per heavy atom. The van der Waals surface area contributed by atoms with Crippen molar-refractivity contribution < 1.29 is 44.8 Å². The highest BCUT2D eigenvalue weighted by Gasteiger charge is 2.36. The molecule has 3 atom stereocenters. The van der Waals surface area contributed by atoms with Gasteiger partial charge in [0.05, 0.1) is 35.1 Å². The second-order valence-corrected chi connectivity index (χ2v) is 12.1. The molecule has 0 aliphatic carbocycles. The Morgan fingerprint density at radius 2 is 1.70 bits per heavy atom. The molecule has 3 heterocycles. The lowest BCUT2D eigenvalue weighted by Crippen LogP contribution is -2.42. The molecular formula is C32H28F3N3O7S. The molecule has 0 radical (unpaired) electrons. The Labute approximate surface area is 262 Å². The van der Waals surface area contributed by atoms with E-state index >= 15 is 0 Å².